The number of aryl methyl sites for hydroxylation is 1. The van der Waals surface area contributed by atoms with Gasteiger partial charge in [-0.2, -0.15) is 0 Å². The van der Waals surface area contributed by atoms with Gasteiger partial charge in [-0.3, -0.25) is 4.79 Å². The van der Waals surface area contributed by atoms with E-state index >= 15 is 0 Å². The van der Waals surface area contributed by atoms with Crippen molar-refractivity contribution >= 4 is 27.2 Å². The number of benzene rings is 4. The Morgan fingerprint density at radius 3 is 2.26 bits per heavy atom. The first-order valence-electron chi connectivity index (χ1n) is 11.4. The summed E-state index contributed by atoms with van der Waals surface area (Å²) in [6, 6.07) is 29.4. The van der Waals surface area contributed by atoms with E-state index in [9.17, 15) is 15.0 Å². The summed E-state index contributed by atoms with van der Waals surface area (Å²) in [5, 5.41) is 20.4. The molecule has 0 saturated heterocycles. The van der Waals surface area contributed by atoms with Gasteiger partial charge in [-0.15, -0.1) is 11.3 Å². The van der Waals surface area contributed by atoms with Crippen LogP contribution in [-0.4, -0.2) is 22.6 Å². The second-order valence-electron chi connectivity index (χ2n) is 8.32. The minimum atomic E-state index is -0.0966. The molecule has 1 aromatic heterocycles. The maximum Gasteiger partial charge on any atom is 0.195 e. The van der Waals surface area contributed by atoms with Crippen molar-refractivity contribution in [1.82, 2.24) is 0 Å². The van der Waals surface area contributed by atoms with Crippen LogP contribution in [0.3, 0.4) is 0 Å². The smallest absolute Gasteiger partial charge is 0.195 e. The maximum atomic E-state index is 13.6. The first kappa shape index (κ1) is 22.7. The standard InChI is InChI=1S/C30H24O4S/c31-23-12-8-22(9-13-23)30-28(26-17-14-24(32)19-27(26)35-30)29(33)21-10-15-25(16-11-21)34-18-4-7-20-5-2-1-3-6-20/h1-3,5-6,8-17,19,31-32H,4,7,18H2. The Morgan fingerprint density at radius 2 is 1.51 bits per heavy atom. The van der Waals surface area contributed by atoms with Crippen molar-refractivity contribution in [2.24, 2.45) is 0 Å². The highest BCUT2D eigenvalue weighted by molar-refractivity contribution is 7.22. The van der Waals surface area contributed by atoms with Gasteiger partial charge in [0.25, 0.3) is 0 Å². The number of carbonyl (C=O) groups excluding carboxylic acids is 1. The van der Waals surface area contributed by atoms with Crippen molar-refractivity contribution in [3.8, 4) is 27.7 Å². The zero-order chi connectivity index (χ0) is 24.2. The van der Waals surface area contributed by atoms with Crippen LogP contribution in [-0.2, 0) is 6.42 Å². The first-order valence-corrected chi connectivity index (χ1v) is 12.3. The number of ketones is 1. The number of ether oxygens (including phenoxy) is 1. The Morgan fingerprint density at radius 1 is 0.800 bits per heavy atom. The Kier molecular flexibility index (Phi) is 6.51. The van der Waals surface area contributed by atoms with Crippen molar-refractivity contribution < 1.29 is 19.7 Å². The molecular formula is C30H24O4S. The third-order valence-electron chi connectivity index (χ3n) is 5.87. The summed E-state index contributed by atoms with van der Waals surface area (Å²) in [5.41, 5.74) is 3.28. The summed E-state index contributed by atoms with van der Waals surface area (Å²) in [7, 11) is 0. The largest absolute Gasteiger partial charge is 0.508 e. The van der Waals surface area contributed by atoms with Gasteiger partial charge in [0.2, 0.25) is 0 Å². The predicted octanol–water partition coefficient (Wildman–Crippen LogP) is 7.22. The lowest BCUT2D eigenvalue weighted by Crippen LogP contribution is -2.03. The molecular weight excluding hydrogens is 456 g/mol. The molecule has 0 aliphatic carbocycles. The molecule has 0 radical (unpaired) electrons. The molecule has 5 heteroatoms. The van der Waals surface area contributed by atoms with Crippen LogP contribution in [0.4, 0.5) is 0 Å². The normalized spacial score (nSPS) is 11.0. The molecule has 0 aliphatic rings. The fraction of sp³-hybridized carbons (Fsp3) is 0.100. The fourth-order valence-corrected chi connectivity index (χ4v) is 5.32. The first-order chi connectivity index (χ1) is 17.1. The van der Waals surface area contributed by atoms with Crippen LogP contribution in [0.5, 0.6) is 17.2 Å². The zero-order valence-corrected chi connectivity index (χ0v) is 19.8. The summed E-state index contributed by atoms with van der Waals surface area (Å²) in [5.74, 6) is 0.956. The number of phenols is 2. The lowest BCUT2D eigenvalue weighted by Gasteiger charge is -2.08. The average molecular weight is 481 g/mol. The van der Waals surface area contributed by atoms with Crippen LogP contribution in [0.2, 0.25) is 0 Å². The van der Waals surface area contributed by atoms with E-state index in [4.69, 9.17) is 4.74 Å². The molecule has 5 rings (SSSR count). The maximum absolute atomic E-state index is 13.6. The second-order valence-corrected chi connectivity index (χ2v) is 9.38. The van der Waals surface area contributed by atoms with Crippen molar-refractivity contribution in [2.75, 3.05) is 6.61 Å². The molecule has 1 heterocycles. The predicted molar refractivity (Wildman–Crippen MR) is 141 cm³/mol. The topological polar surface area (TPSA) is 66.8 Å². The molecule has 4 aromatic carbocycles. The summed E-state index contributed by atoms with van der Waals surface area (Å²) < 4.78 is 6.71. The Bertz CT molecular complexity index is 1450. The van der Waals surface area contributed by atoms with Gasteiger partial charge in [0.05, 0.1) is 6.61 Å². The molecule has 174 valence electrons. The number of aromatic hydroxyl groups is 2. The van der Waals surface area contributed by atoms with E-state index in [1.807, 2.05) is 30.3 Å². The van der Waals surface area contributed by atoms with Gasteiger partial charge >= 0.3 is 0 Å². The Labute approximate surface area is 207 Å². The van der Waals surface area contributed by atoms with Crippen LogP contribution >= 0.6 is 11.3 Å². The fourth-order valence-electron chi connectivity index (χ4n) is 4.08. The minimum Gasteiger partial charge on any atom is -0.508 e. The number of phenolic OH excluding ortho intramolecular Hbond substituents is 2. The van der Waals surface area contributed by atoms with Crippen LogP contribution in [0.15, 0.2) is 97.1 Å². The second kappa shape index (κ2) is 10.0. The van der Waals surface area contributed by atoms with Crippen molar-refractivity contribution in [2.45, 2.75) is 12.8 Å². The van der Waals surface area contributed by atoms with Gasteiger partial charge in [-0.05, 0) is 90.7 Å². The summed E-state index contributed by atoms with van der Waals surface area (Å²) >= 11 is 1.45. The third kappa shape index (κ3) is 5.05. The molecule has 0 fully saturated rings. The molecule has 35 heavy (non-hydrogen) atoms. The Hall–Kier alpha value is -4.09. The van der Waals surface area contributed by atoms with E-state index < -0.39 is 0 Å². The van der Waals surface area contributed by atoms with Gasteiger partial charge in [0, 0.05) is 26.1 Å². The number of hydrogen-bond acceptors (Lipinski definition) is 5. The van der Waals surface area contributed by atoms with Crippen molar-refractivity contribution in [1.29, 1.82) is 0 Å². The molecule has 5 aromatic rings. The highest BCUT2D eigenvalue weighted by Crippen LogP contribution is 2.41. The molecule has 0 bridgehead atoms. The summed E-state index contributed by atoms with van der Waals surface area (Å²) in [6.45, 7) is 0.603. The van der Waals surface area contributed by atoms with Crippen LogP contribution in [0, 0.1) is 0 Å². The minimum absolute atomic E-state index is 0.0966. The van der Waals surface area contributed by atoms with Crippen LogP contribution in [0.25, 0.3) is 20.5 Å². The number of rotatable bonds is 8. The van der Waals surface area contributed by atoms with Crippen molar-refractivity contribution in [3.63, 3.8) is 0 Å². The molecule has 0 saturated carbocycles. The van der Waals surface area contributed by atoms with Gasteiger partial charge in [-0.1, -0.05) is 30.3 Å². The quantitative estimate of drug-likeness (QED) is 0.182. The van der Waals surface area contributed by atoms with Gasteiger partial charge in [-0.25, -0.2) is 0 Å². The molecule has 4 nitrogen and oxygen atoms in total. The van der Waals surface area contributed by atoms with Gasteiger partial charge in [0.15, 0.2) is 5.78 Å². The molecule has 0 aliphatic heterocycles. The zero-order valence-electron chi connectivity index (χ0n) is 19.0. The van der Waals surface area contributed by atoms with Gasteiger partial charge in [0.1, 0.15) is 17.2 Å². The average Bonchev–Trinajstić information content (AvgIpc) is 3.26. The van der Waals surface area contributed by atoms with Crippen molar-refractivity contribution in [3.05, 3.63) is 114 Å². The summed E-state index contributed by atoms with van der Waals surface area (Å²) in [4.78, 5) is 14.5. The van der Waals surface area contributed by atoms with Crippen LogP contribution in [0.1, 0.15) is 27.9 Å². The van der Waals surface area contributed by atoms with E-state index in [1.54, 1.807) is 54.6 Å². The monoisotopic (exact) mass is 480 g/mol. The number of carbonyl (C=O) groups is 1. The lowest BCUT2D eigenvalue weighted by molar-refractivity contribution is 0.104. The van der Waals surface area contributed by atoms with E-state index in [0.29, 0.717) is 17.7 Å². The molecule has 0 atom stereocenters. The number of hydrogen-bond donors (Lipinski definition) is 2. The van der Waals surface area contributed by atoms with E-state index in [-0.39, 0.29) is 17.3 Å². The third-order valence-corrected chi connectivity index (χ3v) is 7.07. The summed E-state index contributed by atoms with van der Waals surface area (Å²) in [6.07, 6.45) is 1.87. The lowest BCUT2D eigenvalue weighted by atomic mass is 9.97. The number of thiophene rings is 1. The highest BCUT2D eigenvalue weighted by Gasteiger charge is 2.22. The molecule has 0 amide bonds. The highest BCUT2D eigenvalue weighted by atomic mass is 32.1. The van der Waals surface area contributed by atoms with E-state index in [1.165, 1.54) is 16.9 Å². The van der Waals surface area contributed by atoms with E-state index in [2.05, 4.69) is 12.1 Å². The Balaban J connectivity index is 1.36. The molecule has 0 unspecified atom stereocenters. The molecule has 2 N–H and O–H groups in total. The van der Waals surface area contributed by atoms with Gasteiger partial charge < -0.3 is 14.9 Å². The van der Waals surface area contributed by atoms with E-state index in [0.717, 1.165) is 39.1 Å². The number of fused-ring (bicyclic) bond motifs is 1. The van der Waals surface area contributed by atoms with Crippen LogP contribution < -0.4 is 4.74 Å². The molecule has 0 spiro atoms. The SMILES string of the molecule is O=C(c1ccc(OCCCc2ccccc2)cc1)c1c(-c2ccc(O)cc2)sc2cc(O)ccc12.